The Morgan fingerprint density at radius 1 is 0.891 bits per heavy atom. The molecule has 3 amide bonds. The van der Waals surface area contributed by atoms with E-state index in [1.165, 1.54) is 0 Å². The minimum absolute atomic E-state index is 0.0297. The number of amides is 3. The topological polar surface area (TPSA) is 88.1 Å². The Balaban J connectivity index is 1.75. The Bertz CT molecular complexity index is 1320. The molecule has 1 unspecified atom stereocenters. The van der Waals surface area contributed by atoms with E-state index in [9.17, 15) is 41.0 Å². The molecular formula is C33H42F6N2O5. The summed E-state index contributed by atoms with van der Waals surface area (Å²) in [5, 5.41) is 12.9. The number of hydrogen-bond donors (Lipinski definition) is 2. The zero-order chi connectivity index (χ0) is 34.5. The lowest BCUT2D eigenvalue weighted by atomic mass is 9.87. The Kier molecular flexibility index (Phi) is 11.7. The quantitative estimate of drug-likeness (QED) is 0.116. The molecule has 2 N–H and O–H groups in total. The number of ether oxygens (including phenoxy) is 2. The SMILES string of the molecule is CCCc1cc(C(O)(C(F)(F)F)C(F)(F)F)cc(CCC)c1OCCCCN1C(=O)NC(CC)(c2ccc(OC(C)C)cc2)C1=O. The third kappa shape index (κ3) is 7.39. The van der Waals surface area contributed by atoms with Crippen molar-refractivity contribution in [2.45, 2.75) is 109 Å². The molecule has 1 saturated heterocycles. The number of halogens is 6. The number of rotatable bonds is 15. The number of benzene rings is 2. The number of carbonyl (C=O) groups is 2. The summed E-state index contributed by atoms with van der Waals surface area (Å²) in [6, 6.07) is 7.87. The number of nitrogens with one attached hydrogen (secondary N) is 1. The van der Waals surface area contributed by atoms with E-state index >= 15 is 0 Å². The van der Waals surface area contributed by atoms with Gasteiger partial charge in [0.25, 0.3) is 11.5 Å². The van der Waals surface area contributed by atoms with Crippen LogP contribution in [0.15, 0.2) is 36.4 Å². The van der Waals surface area contributed by atoms with Crippen molar-refractivity contribution in [3.8, 4) is 11.5 Å². The van der Waals surface area contributed by atoms with E-state index in [1.54, 1.807) is 45.0 Å². The van der Waals surface area contributed by atoms with E-state index in [0.717, 1.165) is 17.0 Å². The highest BCUT2D eigenvalue weighted by atomic mass is 19.4. The van der Waals surface area contributed by atoms with Gasteiger partial charge in [-0.25, -0.2) is 4.79 Å². The third-order valence-corrected chi connectivity index (χ3v) is 7.97. The smallest absolute Gasteiger partial charge is 0.430 e. The molecule has 2 aromatic rings. The van der Waals surface area contributed by atoms with Gasteiger partial charge in [0.2, 0.25) is 0 Å². The molecular weight excluding hydrogens is 618 g/mol. The molecule has 1 aliphatic rings. The number of alkyl halides is 6. The molecule has 13 heteroatoms. The summed E-state index contributed by atoms with van der Waals surface area (Å²) in [6.07, 6.45) is -9.98. The van der Waals surface area contributed by atoms with Crippen molar-refractivity contribution in [1.29, 1.82) is 0 Å². The van der Waals surface area contributed by atoms with Gasteiger partial charge >= 0.3 is 18.4 Å². The maximum absolute atomic E-state index is 13.7. The van der Waals surface area contributed by atoms with Crippen molar-refractivity contribution in [3.63, 3.8) is 0 Å². The van der Waals surface area contributed by atoms with Crippen LogP contribution >= 0.6 is 0 Å². The Hall–Kier alpha value is -3.48. The second-order valence-electron chi connectivity index (χ2n) is 11.7. The van der Waals surface area contributed by atoms with Gasteiger partial charge in [0, 0.05) is 12.1 Å². The summed E-state index contributed by atoms with van der Waals surface area (Å²) in [5.74, 6) is 0.421. The lowest BCUT2D eigenvalue weighted by Crippen LogP contribution is -2.54. The third-order valence-electron chi connectivity index (χ3n) is 7.97. The molecule has 7 nitrogen and oxygen atoms in total. The second-order valence-corrected chi connectivity index (χ2v) is 11.7. The van der Waals surface area contributed by atoms with Crippen molar-refractivity contribution in [2.24, 2.45) is 0 Å². The fraction of sp³-hybridized carbons (Fsp3) is 0.576. The zero-order valence-electron chi connectivity index (χ0n) is 26.7. The first-order valence-electron chi connectivity index (χ1n) is 15.5. The molecule has 0 saturated carbocycles. The van der Waals surface area contributed by atoms with E-state index in [-0.39, 0.29) is 49.0 Å². The first-order chi connectivity index (χ1) is 21.5. The van der Waals surface area contributed by atoms with Gasteiger partial charge in [0.05, 0.1) is 12.7 Å². The minimum atomic E-state index is -6.00. The summed E-state index contributed by atoms with van der Waals surface area (Å²) in [6.45, 7) is 9.14. The van der Waals surface area contributed by atoms with Crippen LogP contribution in [0.5, 0.6) is 11.5 Å². The fourth-order valence-corrected chi connectivity index (χ4v) is 5.65. The van der Waals surface area contributed by atoms with Gasteiger partial charge in [0.1, 0.15) is 17.0 Å². The van der Waals surface area contributed by atoms with Crippen molar-refractivity contribution in [1.82, 2.24) is 10.2 Å². The standard InChI is InChI=1S/C33H42F6N2O5/c1-6-11-22-19-25(31(44,32(34,35)36)33(37,38)39)20-23(12-7-2)27(22)45-18-10-9-17-41-28(42)30(8-3,40-29(41)43)24-13-15-26(16-14-24)46-21(4)5/h13-16,19-21,44H,6-12,17-18H2,1-5H3,(H,40,43). The molecule has 0 aliphatic carbocycles. The minimum Gasteiger partial charge on any atom is -0.493 e. The van der Waals surface area contributed by atoms with Crippen LogP contribution in [0.3, 0.4) is 0 Å². The number of urea groups is 1. The van der Waals surface area contributed by atoms with Gasteiger partial charge in [-0.15, -0.1) is 0 Å². The number of unbranched alkanes of at least 4 members (excludes halogenated alkanes) is 1. The molecule has 0 aromatic heterocycles. The van der Waals surface area contributed by atoms with Crippen LogP contribution in [0.2, 0.25) is 0 Å². The molecule has 1 aliphatic heterocycles. The van der Waals surface area contributed by atoms with Gasteiger partial charge in [-0.2, -0.15) is 26.3 Å². The average Bonchev–Trinajstić information content (AvgIpc) is 3.21. The van der Waals surface area contributed by atoms with Gasteiger partial charge in [-0.05, 0) is 86.9 Å². The average molecular weight is 661 g/mol. The van der Waals surface area contributed by atoms with Gasteiger partial charge in [-0.1, -0.05) is 45.7 Å². The highest BCUT2D eigenvalue weighted by Gasteiger charge is 2.71. The van der Waals surface area contributed by atoms with Crippen molar-refractivity contribution in [3.05, 3.63) is 58.7 Å². The van der Waals surface area contributed by atoms with Gasteiger partial charge in [-0.3, -0.25) is 9.69 Å². The summed E-state index contributed by atoms with van der Waals surface area (Å²) in [5.41, 5.74) is -6.70. The lowest BCUT2D eigenvalue weighted by molar-refractivity contribution is -0.376. The second kappa shape index (κ2) is 14.5. The van der Waals surface area contributed by atoms with Crippen LogP contribution in [-0.4, -0.2) is 53.6 Å². The molecule has 0 radical (unpaired) electrons. The summed E-state index contributed by atoms with van der Waals surface area (Å²) < 4.78 is 93.5. The Labute approximate surface area is 265 Å². The van der Waals surface area contributed by atoms with Crippen molar-refractivity contribution in [2.75, 3.05) is 13.2 Å². The summed E-state index contributed by atoms with van der Waals surface area (Å²) >= 11 is 0. The number of imide groups is 1. The molecule has 256 valence electrons. The fourth-order valence-electron chi connectivity index (χ4n) is 5.65. The van der Waals surface area contributed by atoms with E-state index < -0.39 is 41.0 Å². The number of hydrogen-bond acceptors (Lipinski definition) is 5. The van der Waals surface area contributed by atoms with E-state index in [0.29, 0.717) is 43.4 Å². The molecule has 2 aromatic carbocycles. The molecule has 3 rings (SSSR count). The molecule has 0 bridgehead atoms. The predicted molar refractivity (Wildman–Crippen MR) is 160 cm³/mol. The normalized spacial score (nSPS) is 17.5. The summed E-state index contributed by atoms with van der Waals surface area (Å²) in [7, 11) is 0. The Morgan fingerprint density at radius 3 is 1.89 bits per heavy atom. The number of aliphatic hydroxyl groups is 1. The molecule has 46 heavy (non-hydrogen) atoms. The maximum atomic E-state index is 13.7. The van der Waals surface area contributed by atoms with E-state index in [4.69, 9.17) is 9.47 Å². The van der Waals surface area contributed by atoms with Gasteiger partial charge in [0.15, 0.2) is 0 Å². The first-order valence-corrected chi connectivity index (χ1v) is 15.5. The highest BCUT2D eigenvalue weighted by molar-refractivity contribution is 6.07. The van der Waals surface area contributed by atoms with Crippen LogP contribution in [0.4, 0.5) is 31.1 Å². The predicted octanol–water partition coefficient (Wildman–Crippen LogP) is 7.71. The zero-order valence-corrected chi connectivity index (χ0v) is 26.7. The van der Waals surface area contributed by atoms with Crippen LogP contribution in [0.1, 0.15) is 89.0 Å². The lowest BCUT2D eigenvalue weighted by Gasteiger charge is -2.33. The number of aryl methyl sites for hydroxylation is 2. The summed E-state index contributed by atoms with van der Waals surface area (Å²) in [4.78, 5) is 27.5. The van der Waals surface area contributed by atoms with Crippen LogP contribution in [0, 0.1) is 0 Å². The molecule has 0 spiro atoms. The van der Waals surface area contributed by atoms with Crippen molar-refractivity contribution >= 4 is 11.9 Å². The monoisotopic (exact) mass is 660 g/mol. The van der Waals surface area contributed by atoms with Crippen LogP contribution < -0.4 is 14.8 Å². The van der Waals surface area contributed by atoms with Crippen molar-refractivity contribution < 1.29 is 50.5 Å². The van der Waals surface area contributed by atoms with E-state index in [1.807, 2.05) is 13.8 Å². The molecule has 1 fully saturated rings. The largest absolute Gasteiger partial charge is 0.493 e. The first kappa shape index (κ1) is 37.0. The molecule has 1 atom stereocenters. The van der Waals surface area contributed by atoms with Crippen LogP contribution in [-0.2, 0) is 28.8 Å². The van der Waals surface area contributed by atoms with Gasteiger partial charge < -0.3 is 19.9 Å². The maximum Gasteiger partial charge on any atom is 0.430 e. The number of carbonyl (C=O) groups excluding carboxylic acids is 2. The molecule has 1 heterocycles. The van der Waals surface area contributed by atoms with Crippen LogP contribution in [0.25, 0.3) is 0 Å². The highest BCUT2D eigenvalue weighted by Crippen LogP contribution is 2.51. The Morgan fingerprint density at radius 2 is 1.43 bits per heavy atom. The van der Waals surface area contributed by atoms with E-state index in [2.05, 4.69) is 5.32 Å². The number of nitrogens with zero attached hydrogens (tertiary/aromatic N) is 1.